The van der Waals surface area contributed by atoms with Crippen LogP contribution in [0.4, 0.5) is 5.69 Å². The molecule has 0 unspecified atom stereocenters. The first kappa shape index (κ1) is 22.4. The lowest BCUT2D eigenvalue weighted by molar-refractivity contribution is -0.131. The Labute approximate surface area is 183 Å². The number of halogens is 1. The van der Waals surface area contributed by atoms with Crippen molar-refractivity contribution in [1.29, 1.82) is 0 Å². The second kappa shape index (κ2) is 9.27. The normalized spacial score (nSPS) is 16.9. The van der Waals surface area contributed by atoms with Gasteiger partial charge < -0.3 is 9.64 Å². The van der Waals surface area contributed by atoms with Crippen LogP contribution in [0.1, 0.15) is 25.3 Å². The monoisotopic (exact) mass is 450 g/mol. The van der Waals surface area contributed by atoms with E-state index in [0.29, 0.717) is 29.8 Å². The lowest BCUT2D eigenvalue weighted by atomic mass is 10.0. The summed E-state index contributed by atoms with van der Waals surface area (Å²) in [5.74, 6) is 0.486. The molecule has 2 aromatic carbocycles. The lowest BCUT2D eigenvalue weighted by Gasteiger charge is -2.33. The zero-order valence-corrected chi connectivity index (χ0v) is 19.0. The maximum Gasteiger partial charge on any atom is 0.264 e. The molecule has 1 aliphatic heterocycles. The van der Waals surface area contributed by atoms with Crippen molar-refractivity contribution in [1.82, 2.24) is 4.90 Å². The fraction of sp³-hybridized carbons (Fsp3) is 0.409. The van der Waals surface area contributed by atoms with Gasteiger partial charge in [-0.25, -0.2) is 8.42 Å². The third kappa shape index (κ3) is 4.90. The van der Waals surface area contributed by atoms with Crippen molar-refractivity contribution < 1.29 is 17.9 Å². The number of carbonyl (C=O) groups is 1. The second-order valence-electron chi connectivity index (χ2n) is 7.73. The molecule has 0 bridgehead atoms. The van der Waals surface area contributed by atoms with Crippen molar-refractivity contribution in [3.05, 3.63) is 53.1 Å². The van der Waals surface area contributed by atoms with Gasteiger partial charge in [0.25, 0.3) is 10.0 Å². The lowest BCUT2D eigenvalue weighted by Crippen LogP contribution is -2.46. The number of amides is 1. The zero-order chi connectivity index (χ0) is 21.9. The quantitative estimate of drug-likeness (QED) is 0.664. The first-order valence-corrected chi connectivity index (χ1v) is 11.7. The van der Waals surface area contributed by atoms with Crippen LogP contribution in [0.2, 0.25) is 5.02 Å². The van der Waals surface area contributed by atoms with Gasteiger partial charge in [0.05, 0.1) is 17.7 Å². The van der Waals surface area contributed by atoms with E-state index < -0.39 is 10.0 Å². The van der Waals surface area contributed by atoms with Crippen LogP contribution in [0.3, 0.4) is 0 Å². The Morgan fingerprint density at radius 1 is 1.23 bits per heavy atom. The summed E-state index contributed by atoms with van der Waals surface area (Å²) in [6.07, 6.45) is 1.98. The predicted molar refractivity (Wildman–Crippen MR) is 119 cm³/mol. The summed E-state index contributed by atoms with van der Waals surface area (Å²) in [6.45, 7) is 4.92. The van der Waals surface area contributed by atoms with Gasteiger partial charge in [0, 0.05) is 18.1 Å². The molecular formula is C22H27ClN2O4S. The van der Waals surface area contributed by atoms with Crippen molar-refractivity contribution in [3.8, 4) is 5.75 Å². The number of anilines is 1. The highest BCUT2D eigenvalue weighted by Gasteiger charge is 2.32. The van der Waals surface area contributed by atoms with E-state index in [9.17, 15) is 13.2 Å². The number of carbonyl (C=O) groups excluding carboxylic acids is 1. The number of aryl methyl sites for hydroxylation is 1. The molecule has 0 spiro atoms. The number of likely N-dealkylation sites (tertiary alicyclic amines) is 1. The minimum atomic E-state index is -4.02. The van der Waals surface area contributed by atoms with Crippen LogP contribution in [0.15, 0.2) is 47.4 Å². The number of benzene rings is 2. The number of methoxy groups -OCH3 is 1. The first-order chi connectivity index (χ1) is 14.2. The summed E-state index contributed by atoms with van der Waals surface area (Å²) in [5, 5.41) is 0.356. The Morgan fingerprint density at radius 2 is 1.93 bits per heavy atom. The average molecular weight is 451 g/mol. The molecule has 0 radical (unpaired) electrons. The summed E-state index contributed by atoms with van der Waals surface area (Å²) in [7, 11) is -2.56. The summed E-state index contributed by atoms with van der Waals surface area (Å²) < 4.78 is 33.6. The highest BCUT2D eigenvalue weighted by molar-refractivity contribution is 7.92. The van der Waals surface area contributed by atoms with Gasteiger partial charge in [-0.3, -0.25) is 9.10 Å². The number of sulfonamides is 1. The molecule has 3 rings (SSSR count). The molecule has 0 aliphatic carbocycles. The van der Waals surface area contributed by atoms with Gasteiger partial charge in [-0.05, 0) is 56.0 Å². The molecular weight excluding hydrogens is 424 g/mol. The molecule has 30 heavy (non-hydrogen) atoms. The number of nitrogens with zero attached hydrogens (tertiary/aromatic N) is 2. The number of hydrogen-bond donors (Lipinski definition) is 0. The summed E-state index contributed by atoms with van der Waals surface area (Å²) in [6, 6.07) is 11.3. The highest BCUT2D eigenvalue weighted by Crippen LogP contribution is 2.35. The van der Waals surface area contributed by atoms with Crippen molar-refractivity contribution >= 4 is 33.2 Å². The maximum absolute atomic E-state index is 13.6. The fourth-order valence-corrected chi connectivity index (χ4v) is 5.22. The summed E-state index contributed by atoms with van der Waals surface area (Å²) >= 11 is 6.17. The second-order valence-corrected chi connectivity index (χ2v) is 10.0. The van der Waals surface area contributed by atoms with Crippen LogP contribution in [-0.4, -0.2) is 46.0 Å². The van der Waals surface area contributed by atoms with Crippen LogP contribution in [0.5, 0.6) is 5.75 Å². The standard InChI is InChI=1S/C22H27ClN2O4S/c1-16-6-9-19(10-7-16)30(27,28)25(20-13-18(23)8-11-21(20)29-3)15-22(26)24-12-4-5-17(2)14-24/h6-11,13,17H,4-5,12,14-15H2,1-3H3/t17-/m0/s1. The van der Waals surface area contributed by atoms with Gasteiger partial charge in [0.1, 0.15) is 12.3 Å². The van der Waals surface area contributed by atoms with Gasteiger partial charge in [0.15, 0.2) is 0 Å². The van der Waals surface area contributed by atoms with Crippen molar-refractivity contribution in [2.75, 3.05) is 31.0 Å². The highest BCUT2D eigenvalue weighted by atomic mass is 35.5. The number of hydrogen-bond acceptors (Lipinski definition) is 4. The molecule has 0 aromatic heterocycles. The zero-order valence-electron chi connectivity index (χ0n) is 17.5. The Morgan fingerprint density at radius 3 is 2.57 bits per heavy atom. The summed E-state index contributed by atoms with van der Waals surface area (Å²) in [4.78, 5) is 14.9. The molecule has 2 aromatic rings. The van der Waals surface area contributed by atoms with Gasteiger partial charge in [-0.2, -0.15) is 0 Å². The van der Waals surface area contributed by atoms with Gasteiger partial charge >= 0.3 is 0 Å². The minimum Gasteiger partial charge on any atom is -0.495 e. The molecule has 1 aliphatic rings. The van der Waals surface area contributed by atoms with E-state index in [4.69, 9.17) is 16.3 Å². The van der Waals surface area contributed by atoms with E-state index in [1.807, 2.05) is 6.92 Å². The largest absolute Gasteiger partial charge is 0.495 e. The molecule has 1 saturated heterocycles. The molecule has 1 amide bonds. The van der Waals surface area contributed by atoms with E-state index >= 15 is 0 Å². The molecule has 1 fully saturated rings. The number of rotatable bonds is 6. The number of ether oxygens (including phenoxy) is 1. The Bertz CT molecular complexity index is 1010. The number of piperidine rings is 1. The van der Waals surface area contributed by atoms with E-state index in [2.05, 4.69) is 6.92 Å². The van der Waals surface area contributed by atoms with Crippen LogP contribution in [-0.2, 0) is 14.8 Å². The van der Waals surface area contributed by atoms with Crippen molar-refractivity contribution in [3.63, 3.8) is 0 Å². The average Bonchev–Trinajstić information content (AvgIpc) is 2.72. The predicted octanol–water partition coefficient (Wildman–Crippen LogP) is 4.11. The Hall–Kier alpha value is -2.25. The van der Waals surface area contributed by atoms with Crippen LogP contribution in [0.25, 0.3) is 0 Å². The molecule has 0 N–H and O–H groups in total. The van der Waals surface area contributed by atoms with Crippen molar-refractivity contribution in [2.24, 2.45) is 5.92 Å². The third-order valence-corrected chi connectivity index (χ3v) is 7.32. The van der Waals surface area contributed by atoms with Gasteiger partial charge in [-0.1, -0.05) is 36.2 Å². The Kier molecular flexibility index (Phi) is 6.93. The van der Waals surface area contributed by atoms with Gasteiger partial charge in [-0.15, -0.1) is 0 Å². The van der Waals surface area contributed by atoms with E-state index in [1.54, 1.807) is 41.3 Å². The van der Waals surface area contributed by atoms with E-state index in [0.717, 1.165) is 22.7 Å². The molecule has 6 nitrogen and oxygen atoms in total. The third-order valence-electron chi connectivity index (χ3n) is 5.31. The maximum atomic E-state index is 13.6. The minimum absolute atomic E-state index is 0.106. The first-order valence-electron chi connectivity index (χ1n) is 9.93. The topological polar surface area (TPSA) is 66.9 Å². The van der Waals surface area contributed by atoms with Crippen molar-refractivity contribution in [2.45, 2.75) is 31.6 Å². The van der Waals surface area contributed by atoms with E-state index in [1.165, 1.54) is 13.2 Å². The smallest absolute Gasteiger partial charge is 0.264 e. The van der Waals surface area contributed by atoms with Crippen LogP contribution >= 0.6 is 11.6 Å². The molecule has 8 heteroatoms. The summed E-state index contributed by atoms with van der Waals surface area (Å²) in [5.41, 5.74) is 1.18. The van der Waals surface area contributed by atoms with Crippen LogP contribution in [0, 0.1) is 12.8 Å². The Balaban J connectivity index is 2.04. The van der Waals surface area contributed by atoms with E-state index in [-0.39, 0.29) is 23.0 Å². The molecule has 1 atom stereocenters. The molecule has 1 heterocycles. The SMILES string of the molecule is COc1ccc(Cl)cc1N(CC(=O)N1CCC[C@H](C)C1)S(=O)(=O)c1ccc(C)cc1. The molecule has 0 saturated carbocycles. The van der Waals surface area contributed by atoms with Gasteiger partial charge in [0.2, 0.25) is 5.91 Å². The van der Waals surface area contributed by atoms with Crippen LogP contribution < -0.4 is 9.04 Å². The fourth-order valence-electron chi connectivity index (χ4n) is 3.63. The molecule has 162 valence electrons.